The molecule has 0 saturated carbocycles. The van der Waals surface area contributed by atoms with Gasteiger partial charge < -0.3 is 24.3 Å². The highest BCUT2D eigenvalue weighted by Crippen LogP contribution is 2.33. The van der Waals surface area contributed by atoms with Crippen LogP contribution in [0.5, 0.6) is 0 Å². The van der Waals surface area contributed by atoms with Crippen molar-refractivity contribution < 1.29 is 38.1 Å². The molecule has 3 N–H and O–H groups in total. The summed E-state index contributed by atoms with van der Waals surface area (Å²) >= 11 is 0. The van der Waals surface area contributed by atoms with Gasteiger partial charge in [-0.25, -0.2) is 15.0 Å². The number of rotatable bonds is 9. The van der Waals surface area contributed by atoms with Crippen molar-refractivity contribution in [3.8, 4) is 0 Å². The Hall–Kier alpha value is -4.58. The molecule has 42 heavy (non-hydrogen) atoms. The molecule has 1 amide bonds. The molecule has 2 aliphatic rings. The van der Waals surface area contributed by atoms with Crippen LogP contribution in [0.3, 0.4) is 0 Å². The first-order valence-electron chi connectivity index (χ1n) is 13.5. The molecule has 2 fully saturated rings. The highest BCUT2D eigenvalue weighted by atomic mass is 16.6. The third kappa shape index (κ3) is 6.49. The molecule has 5 rings (SSSR count). The van der Waals surface area contributed by atoms with Gasteiger partial charge in [-0.05, 0) is 36.4 Å². The van der Waals surface area contributed by atoms with Crippen LogP contribution < -0.4 is 16.2 Å². The molecular weight excluding hydrogens is 542 g/mol. The minimum atomic E-state index is -1.07. The van der Waals surface area contributed by atoms with E-state index < -0.39 is 60.1 Å². The zero-order chi connectivity index (χ0) is 29.5. The van der Waals surface area contributed by atoms with E-state index in [1.165, 1.54) is 7.11 Å². The maximum absolute atomic E-state index is 13.4. The van der Waals surface area contributed by atoms with E-state index in [4.69, 9.17) is 18.9 Å². The fraction of sp³-hybridized carbons (Fsp3) is 0.290. The standard InChI is InChI=1S/C31H31N3O8/c1-39-31(38)24-22(17-32-34-24)26-25(33-28(35)19-11-5-2-6-12-19)27(42-30(37)21-15-9-4-10-16-21)23(41-26)18-40-29(36)20-13-7-3-8-14-20/h2-16,22-27,32,34H,17-18H2,1H3,(H,33,35)/t22?,23-,24?,25+,26+,27-/m1/s1. The summed E-state index contributed by atoms with van der Waals surface area (Å²) in [5, 5.41) is 2.97. The summed E-state index contributed by atoms with van der Waals surface area (Å²) in [5.41, 5.74) is 6.87. The van der Waals surface area contributed by atoms with Gasteiger partial charge >= 0.3 is 17.9 Å². The number of hydrogen-bond acceptors (Lipinski definition) is 10. The van der Waals surface area contributed by atoms with Crippen molar-refractivity contribution in [1.82, 2.24) is 16.2 Å². The Morgan fingerprint density at radius 3 is 2.00 bits per heavy atom. The van der Waals surface area contributed by atoms with E-state index in [1.807, 2.05) is 0 Å². The van der Waals surface area contributed by atoms with Crippen LogP contribution in [0.1, 0.15) is 31.1 Å². The summed E-state index contributed by atoms with van der Waals surface area (Å²) in [6.07, 6.45) is -2.87. The van der Waals surface area contributed by atoms with Crippen LogP contribution in [0.25, 0.3) is 0 Å². The van der Waals surface area contributed by atoms with Crippen molar-refractivity contribution in [2.45, 2.75) is 30.4 Å². The number of nitrogens with one attached hydrogen (secondary N) is 3. The number of carbonyl (C=O) groups is 4. The molecule has 0 spiro atoms. The van der Waals surface area contributed by atoms with Crippen LogP contribution in [0.15, 0.2) is 91.0 Å². The molecular formula is C31H31N3O8. The summed E-state index contributed by atoms with van der Waals surface area (Å²) in [6, 6.07) is 23.7. The first-order chi connectivity index (χ1) is 20.5. The number of amides is 1. The average molecular weight is 574 g/mol. The molecule has 6 atom stereocenters. The third-order valence-corrected chi connectivity index (χ3v) is 7.28. The van der Waals surface area contributed by atoms with E-state index in [1.54, 1.807) is 91.0 Å². The van der Waals surface area contributed by atoms with E-state index in [9.17, 15) is 19.2 Å². The Labute approximate surface area is 242 Å². The quantitative estimate of drug-likeness (QED) is 0.257. The van der Waals surface area contributed by atoms with Crippen molar-refractivity contribution in [3.63, 3.8) is 0 Å². The van der Waals surface area contributed by atoms with Crippen LogP contribution in [0.4, 0.5) is 0 Å². The fourth-order valence-corrected chi connectivity index (χ4v) is 5.18. The first kappa shape index (κ1) is 28.9. The maximum atomic E-state index is 13.4. The topological polar surface area (TPSA) is 141 Å². The molecule has 2 aliphatic heterocycles. The Bertz CT molecular complexity index is 1390. The Kier molecular flexibility index (Phi) is 9.22. The van der Waals surface area contributed by atoms with Gasteiger partial charge in [0.05, 0.1) is 30.4 Å². The van der Waals surface area contributed by atoms with Crippen molar-refractivity contribution in [3.05, 3.63) is 108 Å². The Morgan fingerprint density at radius 2 is 1.40 bits per heavy atom. The molecule has 0 aromatic heterocycles. The van der Waals surface area contributed by atoms with E-state index in [2.05, 4.69) is 16.2 Å². The molecule has 0 bridgehead atoms. The first-order valence-corrected chi connectivity index (χ1v) is 13.5. The highest BCUT2D eigenvalue weighted by Gasteiger charge is 2.54. The van der Waals surface area contributed by atoms with E-state index >= 15 is 0 Å². The smallest absolute Gasteiger partial charge is 0.338 e. The number of methoxy groups -OCH3 is 1. The summed E-state index contributed by atoms with van der Waals surface area (Å²) < 4.78 is 22.9. The molecule has 2 unspecified atom stereocenters. The van der Waals surface area contributed by atoms with Crippen LogP contribution in [0, 0.1) is 5.92 Å². The summed E-state index contributed by atoms with van der Waals surface area (Å²) in [5.74, 6) is -2.72. The Balaban J connectivity index is 1.46. The van der Waals surface area contributed by atoms with E-state index in [-0.39, 0.29) is 13.2 Å². The normalized spacial score (nSPS) is 24.9. The average Bonchev–Trinajstić information content (AvgIpc) is 3.65. The predicted molar refractivity (Wildman–Crippen MR) is 149 cm³/mol. The minimum absolute atomic E-state index is 0.273. The lowest BCUT2D eigenvalue weighted by Gasteiger charge is -2.29. The Morgan fingerprint density at radius 1 is 0.833 bits per heavy atom. The molecule has 11 heteroatoms. The van der Waals surface area contributed by atoms with Gasteiger partial charge in [-0.15, -0.1) is 0 Å². The van der Waals surface area contributed by atoms with E-state index in [0.717, 1.165) is 0 Å². The van der Waals surface area contributed by atoms with Gasteiger partial charge in [-0.3, -0.25) is 15.0 Å². The zero-order valence-corrected chi connectivity index (χ0v) is 22.8. The van der Waals surface area contributed by atoms with Crippen molar-refractivity contribution in [2.75, 3.05) is 20.3 Å². The SMILES string of the molecule is COC(=O)C1NNCC1[C@@H]1O[C@H](COC(=O)c2ccccc2)[C@@H](OC(=O)c2ccccc2)[C@H]1NC(=O)c1ccccc1. The van der Waals surface area contributed by atoms with Gasteiger partial charge in [0.25, 0.3) is 5.91 Å². The summed E-state index contributed by atoms with van der Waals surface area (Å²) in [6.45, 7) is 0.0170. The predicted octanol–water partition coefficient (Wildman–Crippen LogP) is 1.90. The monoisotopic (exact) mass is 573 g/mol. The highest BCUT2D eigenvalue weighted by molar-refractivity contribution is 5.94. The molecule has 11 nitrogen and oxygen atoms in total. The number of carbonyl (C=O) groups excluding carboxylic acids is 4. The molecule has 3 aromatic carbocycles. The molecule has 0 aliphatic carbocycles. The lowest BCUT2D eigenvalue weighted by molar-refractivity contribution is -0.145. The fourth-order valence-electron chi connectivity index (χ4n) is 5.18. The molecule has 2 saturated heterocycles. The largest absolute Gasteiger partial charge is 0.468 e. The van der Waals surface area contributed by atoms with Gasteiger partial charge in [-0.2, -0.15) is 0 Å². The van der Waals surface area contributed by atoms with Crippen molar-refractivity contribution in [2.24, 2.45) is 5.92 Å². The summed E-state index contributed by atoms with van der Waals surface area (Å²) in [4.78, 5) is 52.0. The second-order valence-corrected chi connectivity index (χ2v) is 9.89. The molecule has 0 radical (unpaired) electrons. The number of esters is 3. The minimum Gasteiger partial charge on any atom is -0.468 e. The van der Waals surface area contributed by atoms with Gasteiger partial charge in [-0.1, -0.05) is 54.6 Å². The van der Waals surface area contributed by atoms with Gasteiger partial charge in [0.2, 0.25) is 0 Å². The van der Waals surface area contributed by atoms with Crippen molar-refractivity contribution in [1.29, 1.82) is 0 Å². The van der Waals surface area contributed by atoms with Gasteiger partial charge in [0, 0.05) is 18.0 Å². The van der Waals surface area contributed by atoms with Gasteiger partial charge in [0.1, 0.15) is 18.8 Å². The van der Waals surface area contributed by atoms with E-state index in [0.29, 0.717) is 16.7 Å². The van der Waals surface area contributed by atoms with Crippen LogP contribution in [-0.2, 0) is 23.7 Å². The molecule has 2 heterocycles. The number of benzene rings is 3. The zero-order valence-electron chi connectivity index (χ0n) is 22.8. The summed E-state index contributed by atoms with van der Waals surface area (Å²) in [7, 11) is 1.28. The van der Waals surface area contributed by atoms with Crippen LogP contribution in [-0.4, -0.2) is 74.5 Å². The lowest BCUT2D eigenvalue weighted by atomic mass is 9.89. The molecule has 218 valence electrons. The third-order valence-electron chi connectivity index (χ3n) is 7.28. The van der Waals surface area contributed by atoms with Crippen molar-refractivity contribution >= 4 is 23.8 Å². The second kappa shape index (κ2) is 13.4. The number of hydrazine groups is 1. The lowest BCUT2D eigenvalue weighted by Crippen LogP contribution is -2.54. The van der Waals surface area contributed by atoms with Gasteiger partial charge in [0.15, 0.2) is 6.10 Å². The maximum Gasteiger partial charge on any atom is 0.338 e. The van der Waals surface area contributed by atoms with Crippen LogP contribution in [0.2, 0.25) is 0 Å². The molecule has 3 aromatic rings. The second-order valence-electron chi connectivity index (χ2n) is 9.89. The number of ether oxygens (including phenoxy) is 4. The van der Waals surface area contributed by atoms with Crippen LogP contribution >= 0.6 is 0 Å². The number of hydrogen-bond donors (Lipinski definition) is 3.